The van der Waals surface area contributed by atoms with Crippen LogP contribution in [-0.2, 0) is 11.3 Å². The molecule has 2 aromatic carbocycles. The Morgan fingerprint density at radius 2 is 2.04 bits per heavy atom. The second-order valence-corrected chi connectivity index (χ2v) is 6.32. The Kier molecular flexibility index (Phi) is 6.62. The van der Waals surface area contributed by atoms with Crippen molar-refractivity contribution >= 4 is 34.8 Å². The zero-order valence-electron chi connectivity index (χ0n) is 13.2. The number of carbonyl (C=O) groups excluding carboxylic acids is 1. The van der Waals surface area contributed by atoms with Crippen LogP contribution in [0.15, 0.2) is 42.5 Å². The molecule has 4 nitrogen and oxygen atoms in total. The lowest BCUT2D eigenvalue weighted by atomic mass is 10.2. The summed E-state index contributed by atoms with van der Waals surface area (Å²) in [5, 5.41) is 12.7. The van der Waals surface area contributed by atoms with E-state index in [1.165, 1.54) is 0 Å². The molecule has 0 unspecified atom stereocenters. The van der Waals surface area contributed by atoms with Crippen LogP contribution in [0.1, 0.15) is 17.5 Å². The minimum absolute atomic E-state index is 0.103. The molecule has 0 heterocycles. The van der Waals surface area contributed by atoms with Gasteiger partial charge in [-0.25, -0.2) is 0 Å². The molecule has 2 aromatic rings. The summed E-state index contributed by atoms with van der Waals surface area (Å²) in [5.41, 5.74) is 2.07. The maximum atomic E-state index is 12.0. The second-order valence-electron chi connectivity index (χ2n) is 5.47. The van der Waals surface area contributed by atoms with E-state index in [2.05, 4.69) is 10.2 Å². The molecular formula is C18H17Cl2N3O. The van der Waals surface area contributed by atoms with E-state index >= 15 is 0 Å². The third-order valence-corrected chi connectivity index (χ3v) is 3.98. The first-order valence-electron chi connectivity index (χ1n) is 7.40. The fraction of sp³-hybridized carbons (Fsp3) is 0.222. The number of hydrogen-bond donors (Lipinski definition) is 1. The van der Waals surface area contributed by atoms with E-state index in [0.717, 1.165) is 12.1 Å². The molecular weight excluding hydrogens is 345 g/mol. The van der Waals surface area contributed by atoms with Crippen LogP contribution in [0.25, 0.3) is 0 Å². The first kappa shape index (κ1) is 18.3. The van der Waals surface area contributed by atoms with Crippen molar-refractivity contribution in [1.29, 1.82) is 5.26 Å². The number of carbonyl (C=O) groups is 1. The van der Waals surface area contributed by atoms with Gasteiger partial charge in [0.15, 0.2) is 0 Å². The molecule has 0 aliphatic carbocycles. The topological polar surface area (TPSA) is 56.1 Å². The maximum absolute atomic E-state index is 12.0. The number of anilines is 1. The highest BCUT2D eigenvalue weighted by Crippen LogP contribution is 2.20. The molecule has 0 radical (unpaired) electrons. The van der Waals surface area contributed by atoms with E-state index in [4.69, 9.17) is 28.5 Å². The number of nitrogens with one attached hydrogen (secondary N) is 1. The predicted octanol–water partition coefficient (Wildman–Crippen LogP) is 4.33. The summed E-state index contributed by atoms with van der Waals surface area (Å²) in [6.45, 7) is 1.33. The number of benzene rings is 2. The highest BCUT2D eigenvalue weighted by Gasteiger charge is 2.08. The van der Waals surface area contributed by atoms with Crippen molar-refractivity contribution in [3.63, 3.8) is 0 Å². The molecule has 0 fully saturated rings. The third-order valence-electron chi connectivity index (χ3n) is 3.44. The van der Waals surface area contributed by atoms with Crippen molar-refractivity contribution in [1.82, 2.24) is 4.90 Å². The summed E-state index contributed by atoms with van der Waals surface area (Å²) in [7, 11) is 1.95. The number of rotatable bonds is 6. The van der Waals surface area contributed by atoms with Gasteiger partial charge >= 0.3 is 0 Å². The molecule has 1 N–H and O–H groups in total. The van der Waals surface area contributed by atoms with Gasteiger partial charge in [0.2, 0.25) is 5.91 Å². The molecule has 2 rings (SSSR count). The molecule has 6 heteroatoms. The monoisotopic (exact) mass is 361 g/mol. The van der Waals surface area contributed by atoms with Gasteiger partial charge in [-0.3, -0.25) is 4.79 Å². The number of hydrogen-bond acceptors (Lipinski definition) is 3. The molecule has 0 aliphatic rings. The Morgan fingerprint density at radius 3 is 2.71 bits per heavy atom. The van der Waals surface area contributed by atoms with Gasteiger partial charge in [-0.15, -0.1) is 0 Å². The standard InChI is InChI=1S/C18H17Cl2N3O/c1-23(12-13-3-2-4-15(19)9-13)8-7-18(24)22-16-6-5-14(11-21)17(20)10-16/h2-6,9-10H,7-8,12H2,1H3,(H,22,24). The van der Waals surface area contributed by atoms with Crippen LogP contribution >= 0.6 is 23.2 Å². The fourth-order valence-electron chi connectivity index (χ4n) is 2.23. The van der Waals surface area contributed by atoms with Gasteiger partial charge < -0.3 is 10.2 Å². The molecule has 0 bridgehead atoms. The minimum atomic E-state index is -0.103. The lowest BCUT2D eigenvalue weighted by Crippen LogP contribution is -2.24. The van der Waals surface area contributed by atoms with Gasteiger partial charge in [0.25, 0.3) is 0 Å². The van der Waals surface area contributed by atoms with E-state index in [-0.39, 0.29) is 5.91 Å². The summed E-state index contributed by atoms with van der Waals surface area (Å²) >= 11 is 11.9. The van der Waals surface area contributed by atoms with Crippen LogP contribution in [-0.4, -0.2) is 24.4 Å². The predicted molar refractivity (Wildman–Crippen MR) is 97.2 cm³/mol. The van der Waals surface area contributed by atoms with E-state index < -0.39 is 0 Å². The van der Waals surface area contributed by atoms with Crippen LogP contribution in [0.4, 0.5) is 5.69 Å². The molecule has 0 atom stereocenters. The summed E-state index contributed by atoms with van der Waals surface area (Å²) < 4.78 is 0. The Balaban J connectivity index is 1.82. The van der Waals surface area contributed by atoms with Crippen molar-refractivity contribution < 1.29 is 4.79 Å². The normalized spacial score (nSPS) is 10.5. The molecule has 124 valence electrons. The SMILES string of the molecule is CN(CCC(=O)Nc1ccc(C#N)c(Cl)c1)Cc1cccc(Cl)c1. The summed E-state index contributed by atoms with van der Waals surface area (Å²) in [4.78, 5) is 14.1. The smallest absolute Gasteiger partial charge is 0.225 e. The average molecular weight is 362 g/mol. The third kappa shape index (κ3) is 5.54. The number of nitriles is 1. The van der Waals surface area contributed by atoms with E-state index in [0.29, 0.717) is 34.3 Å². The fourth-order valence-corrected chi connectivity index (χ4v) is 2.66. The highest BCUT2D eigenvalue weighted by atomic mass is 35.5. The van der Waals surface area contributed by atoms with Gasteiger partial charge in [0, 0.05) is 30.2 Å². The zero-order valence-corrected chi connectivity index (χ0v) is 14.7. The molecule has 0 saturated carbocycles. The van der Waals surface area contributed by atoms with E-state index in [1.807, 2.05) is 37.4 Å². The Morgan fingerprint density at radius 1 is 1.25 bits per heavy atom. The minimum Gasteiger partial charge on any atom is -0.326 e. The highest BCUT2D eigenvalue weighted by molar-refractivity contribution is 6.32. The van der Waals surface area contributed by atoms with Gasteiger partial charge in [-0.05, 0) is 42.9 Å². The van der Waals surface area contributed by atoms with E-state index in [1.54, 1.807) is 18.2 Å². The maximum Gasteiger partial charge on any atom is 0.225 e. The van der Waals surface area contributed by atoms with Gasteiger partial charge in [0.1, 0.15) is 6.07 Å². The van der Waals surface area contributed by atoms with Gasteiger partial charge in [-0.2, -0.15) is 5.26 Å². The molecule has 24 heavy (non-hydrogen) atoms. The van der Waals surface area contributed by atoms with Crippen molar-refractivity contribution in [2.24, 2.45) is 0 Å². The Bertz CT molecular complexity index is 771. The summed E-state index contributed by atoms with van der Waals surface area (Å²) in [6, 6.07) is 14.5. The van der Waals surface area contributed by atoms with Crippen LogP contribution in [0.5, 0.6) is 0 Å². The quantitative estimate of drug-likeness (QED) is 0.832. The number of halogens is 2. The van der Waals surface area contributed by atoms with Crippen molar-refractivity contribution in [3.8, 4) is 6.07 Å². The number of nitrogens with zero attached hydrogens (tertiary/aromatic N) is 2. The average Bonchev–Trinajstić information content (AvgIpc) is 2.53. The summed E-state index contributed by atoms with van der Waals surface area (Å²) in [6.07, 6.45) is 0.356. The first-order chi connectivity index (χ1) is 11.5. The van der Waals surface area contributed by atoms with Crippen molar-refractivity contribution in [2.45, 2.75) is 13.0 Å². The Hall–Kier alpha value is -2.06. The zero-order chi connectivity index (χ0) is 17.5. The molecule has 1 amide bonds. The van der Waals surface area contributed by atoms with Crippen LogP contribution in [0.2, 0.25) is 10.0 Å². The Labute approximate surface area is 151 Å². The molecule has 0 aliphatic heterocycles. The molecule has 0 aromatic heterocycles. The van der Waals surface area contributed by atoms with Gasteiger partial charge in [-0.1, -0.05) is 35.3 Å². The van der Waals surface area contributed by atoms with Crippen LogP contribution in [0, 0.1) is 11.3 Å². The molecule has 0 saturated heterocycles. The number of amides is 1. The van der Waals surface area contributed by atoms with Crippen molar-refractivity contribution in [2.75, 3.05) is 18.9 Å². The first-order valence-corrected chi connectivity index (χ1v) is 8.16. The summed E-state index contributed by atoms with van der Waals surface area (Å²) in [5.74, 6) is -0.103. The lowest BCUT2D eigenvalue weighted by molar-refractivity contribution is -0.116. The molecule has 0 spiro atoms. The van der Waals surface area contributed by atoms with Crippen molar-refractivity contribution in [3.05, 3.63) is 63.6 Å². The van der Waals surface area contributed by atoms with E-state index in [9.17, 15) is 4.79 Å². The van der Waals surface area contributed by atoms with Crippen LogP contribution in [0.3, 0.4) is 0 Å². The van der Waals surface area contributed by atoms with Crippen LogP contribution < -0.4 is 5.32 Å². The largest absolute Gasteiger partial charge is 0.326 e. The second kappa shape index (κ2) is 8.70. The lowest BCUT2D eigenvalue weighted by Gasteiger charge is -2.16. The van der Waals surface area contributed by atoms with Gasteiger partial charge in [0.05, 0.1) is 10.6 Å².